The molecule has 4 N–H and O–H groups in total. The van der Waals surface area contributed by atoms with Crippen LogP contribution in [0, 0.1) is 0 Å². The number of rotatable bonds is 6. The summed E-state index contributed by atoms with van der Waals surface area (Å²) in [5, 5.41) is 8.06. The van der Waals surface area contributed by atoms with Crippen molar-refractivity contribution in [3.8, 4) is 0 Å². The Morgan fingerprint density at radius 2 is 1.80 bits per heavy atom. The number of fused-ring (bicyclic) bond motifs is 4. The number of urea groups is 1. The van der Waals surface area contributed by atoms with Gasteiger partial charge in [-0.1, -0.05) is 36.4 Å². The normalized spacial score (nSPS) is 19.8. The predicted molar refractivity (Wildman–Crippen MR) is 133 cm³/mol. The molecule has 2 aliphatic rings. The molecule has 4 aromatic rings. The van der Waals surface area contributed by atoms with E-state index in [1.165, 1.54) is 15.8 Å². The van der Waals surface area contributed by atoms with Gasteiger partial charge >= 0.3 is 6.03 Å². The molecule has 2 aromatic heterocycles. The lowest BCUT2D eigenvalue weighted by Crippen LogP contribution is -2.38. The number of imide groups is 1. The van der Waals surface area contributed by atoms with Crippen LogP contribution < -0.4 is 10.6 Å². The Bertz CT molecular complexity index is 1450. The number of H-pyrrole nitrogens is 2. The van der Waals surface area contributed by atoms with Gasteiger partial charge in [-0.05, 0) is 48.9 Å². The summed E-state index contributed by atoms with van der Waals surface area (Å²) in [5.74, 6) is -0.585. The number of aromatic nitrogens is 2. The summed E-state index contributed by atoms with van der Waals surface area (Å²) in [6, 6.07) is 14.7. The van der Waals surface area contributed by atoms with Crippen molar-refractivity contribution in [1.29, 1.82) is 0 Å². The van der Waals surface area contributed by atoms with Crippen molar-refractivity contribution in [1.82, 2.24) is 25.5 Å². The number of carbonyl (C=O) groups excluding carboxylic acids is 3. The molecule has 8 heteroatoms. The predicted octanol–water partition coefficient (Wildman–Crippen LogP) is 3.70. The lowest BCUT2D eigenvalue weighted by atomic mass is 9.91. The smallest absolute Gasteiger partial charge is 0.324 e. The van der Waals surface area contributed by atoms with Crippen LogP contribution in [0.15, 0.2) is 54.7 Å². The van der Waals surface area contributed by atoms with Crippen molar-refractivity contribution in [3.63, 3.8) is 0 Å². The molecule has 178 valence electrons. The molecule has 3 heterocycles. The molecule has 1 fully saturated rings. The largest absolute Gasteiger partial charge is 0.361 e. The van der Waals surface area contributed by atoms with Gasteiger partial charge in [-0.3, -0.25) is 14.5 Å². The van der Waals surface area contributed by atoms with Gasteiger partial charge in [0.25, 0.3) is 5.91 Å². The second-order valence-corrected chi connectivity index (χ2v) is 9.38. The van der Waals surface area contributed by atoms with Gasteiger partial charge in [-0.15, -0.1) is 0 Å². The highest BCUT2D eigenvalue weighted by atomic mass is 16.2. The van der Waals surface area contributed by atoms with E-state index in [9.17, 15) is 14.4 Å². The van der Waals surface area contributed by atoms with E-state index in [-0.39, 0.29) is 30.8 Å². The number of hydrogen-bond acceptors (Lipinski definition) is 3. The summed E-state index contributed by atoms with van der Waals surface area (Å²) in [4.78, 5) is 46.2. The van der Waals surface area contributed by atoms with E-state index in [0.717, 1.165) is 46.9 Å². The summed E-state index contributed by atoms with van der Waals surface area (Å²) in [6.07, 6.45) is 5.20. The first kappa shape index (κ1) is 21.5. The van der Waals surface area contributed by atoms with E-state index in [4.69, 9.17) is 0 Å². The van der Waals surface area contributed by atoms with Gasteiger partial charge in [0, 0.05) is 40.2 Å². The van der Waals surface area contributed by atoms with Crippen LogP contribution in [0.2, 0.25) is 0 Å². The van der Waals surface area contributed by atoms with Crippen molar-refractivity contribution >= 4 is 39.7 Å². The average molecular weight is 470 g/mol. The van der Waals surface area contributed by atoms with Crippen molar-refractivity contribution in [2.75, 3.05) is 6.54 Å². The molecule has 4 amide bonds. The molecule has 1 aliphatic heterocycles. The molecule has 0 saturated carbocycles. The van der Waals surface area contributed by atoms with Crippen LogP contribution in [0.25, 0.3) is 21.8 Å². The monoisotopic (exact) mass is 469 g/mol. The first-order valence-electron chi connectivity index (χ1n) is 12.1. The van der Waals surface area contributed by atoms with Crippen LogP contribution >= 0.6 is 0 Å². The molecule has 0 radical (unpaired) electrons. The fraction of sp³-hybridized carbons (Fsp3) is 0.296. The summed E-state index contributed by atoms with van der Waals surface area (Å²) >= 11 is 0. The Hall–Kier alpha value is -4.07. The zero-order chi connectivity index (χ0) is 23.9. The van der Waals surface area contributed by atoms with Crippen LogP contribution in [-0.4, -0.2) is 45.3 Å². The Balaban J connectivity index is 1.10. The quantitative estimate of drug-likeness (QED) is 0.323. The Labute approximate surface area is 202 Å². The lowest BCUT2D eigenvalue weighted by molar-refractivity contribution is -0.131. The van der Waals surface area contributed by atoms with Crippen LogP contribution in [0.3, 0.4) is 0 Å². The highest BCUT2D eigenvalue weighted by Crippen LogP contribution is 2.34. The number of amides is 4. The SMILES string of the molecule is O=C(C[C@@H]1NC(=O)N(CCc2c[nH]c3ccccc23)C1=O)N[C@H]1CCCc2c1[nH]c1ccccc21. The van der Waals surface area contributed by atoms with E-state index >= 15 is 0 Å². The number of carbonyl (C=O) groups is 3. The van der Waals surface area contributed by atoms with Gasteiger partial charge in [0.2, 0.25) is 5.91 Å². The Morgan fingerprint density at radius 3 is 2.66 bits per heavy atom. The molecular weight excluding hydrogens is 442 g/mol. The maximum absolute atomic E-state index is 12.9. The maximum atomic E-state index is 12.9. The number of nitrogens with one attached hydrogen (secondary N) is 4. The highest BCUT2D eigenvalue weighted by Gasteiger charge is 2.39. The standard InChI is InChI=1S/C27H27N5O3/c33-24(29-22-11-5-8-19-18-7-2-4-10-21(18)30-25(19)22)14-23-26(34)32(27(35)31-23)13-12-16-15-28-20-9-3-1-6-17(16)20/h1-4,6-7,9-10,15,22-23,28,30H,5,8,11-14H2,(H,29,33)(H,31,35)/t22-,23-/m0/s1. The van der Waals surface area contributed by atoms with E-state index in [1.807, 2.05) is 48.7 Å². The third kappa shape index (κ3) is 3.84. The van der Waals surface area contributed by atoms with Crippen LogP contribution in [0.1, 0.15) is 42.1 Å². The molecule has 35 heavy (non-hydrogen) atoms. The number of hydrogen-bond donors (Lipinski definition) is 4. The third-order valence-electron chi connectivity index (χ3n) is 7.23. The fourth-order valence-electron chi connectivity index (χ4n) is 5.50. The zero-order valence-corrected chi connectivity index (χ0v) is 19.3. The number of aromatic amines is 2. The molecule has 2 atom stereocenters. The molecule has 2 aromatic carbocycles. The zero-order valence-electron chi connectivity index (χ0n) is 19.3. The van der Waals surface area contributed by atoms with Gasteiger partial charge in [0.05, 0.1) is 12.5 Å². The van der Waals surface area contributed by atoms with E-state index in [1.54, 1.807) is 0 Å². The maximum Gasteiger partial charge on any atom is 0.324 e. The topological polar surface area (TPSA) is 110 Å². The molecular formula is C27H27N5O3. The first-order chi connectivity index (χ1) is 17.1. The fourth-order valence-corrected chi connectivity index (χ4v) is 5.50. The third-order valence-corrected chi connectivity index (χ3v) is 7.23. The van der Waals surface area contributed by atoms with Gasteiger partial charge in [-0.2, -0.15) is 0 Å². The van der Waals surface area contributed by atoms with Crippen LogP contribution in [-0.2, 0) is 22.4 Å². The molecule has 0 spiro atoms. The molecule has 0 bridgehead atoms. The van der Waals surface area contributed by atoms with Gasteiger partial charge in [-0.25, -0.2) is 4.79 Å². The van der Waals surface area contributed by atoms with E-state index in [2.05, 4.69) is 26.7 Å². The van der Waals surface area contributed by atoms with Gasteiger partial charge < -0.3 is 20.6 Å². The second-order valence-electron chi connectivity index (χ2n) is 9.38. The summed E-state index contributed by atoms with van der Waals surface area (Å²) in [6.45, 7) is 0.270. The summed E-state index contributed by atoms with van der Waals surface area (Å²) < 4.78 is 0. The van der Waals surface area contributed by atoms with Crippen molar-refractivity contribution in [3.05, 3.63) is 71.5 Å². The Kier molecular flexibility index (Phi) is 5.28. The lowest BCUT2D eigenvalue weighted by Gasteiger charge is -2.24. The number of para-hydroxylation sites is 2. The number of nitrogens with zero attached hydrogens (tertiary/aromatic N) is 1. The van der Waals surface area contributed by atoms with Gasteiger partial charge in [0.15, 0.2) is 0 Å². The van der Waals surface area contributed by atoms with Crippen molar-refractivity contribution in [2.45, 2.75) is 44.2 Å². The first-order valence-corrected chi connectivity index (χ1v) is 12.1. The molecule has 8 nitrogen and oxygen atoms in total. The minimum absolute atomic E-state index is 0.0692. The Morgan fingerprint density at radius 1 is 1.03 bits per heavy atom. The molecule has 1 aliphatic carbocycles. The highest BCUT2D eigenvalue weighted by molar-refractivity contribution is 6.06. The molecule has 0 unspecified atom stereocenters. The molecule has 6 rings (SSSR count). The average Bonchev–Trinajstić information content (AvgIpc) is 3.52. The van der Waals surface area contributed by atoms with Crippen LogP contribution in [0.4, 0.5) is 4.79 Å². The van der Waals surface area contributed by atoms with Crippen molar-refractivity contribution < 1.29 is 14.4 Å². The van der Waals surface area contributed by atoms with E-state index < -0.39 is 12.1 Å². The minimum atomic E-state index is -0.837. The van der Waals surface area contributed by atoms with E-state index in [0.29, 0.717) is 6.42 Å². The van der Waals surface area contributed by atoms with Gasteiger partial charge in [0.1, 0.15) is 6.04 Å². The minimum Gasteiger partial charge on any atom is -0.361 e. The summed E-state index contributed by atoms with van der Waals surface area (Å²) in [5.41, 5.74) is 5.45. The number of benzene rings is 2. The van der Waals surface area contributed by atoms with Crippen molar-refractivity contribution in [2.24, 2.45) is 0 Å². The molecule has 1 saturated heterocycles. The summed E-state index contributed by atoms with van der Waals surface area (Å²) in [7, 11) is 0. The van der Waals surface area contributed by atoms with Crippen LogP contribution in [0.5, 0.6) is 0 Å². The second kappa shape index (κ2) is 8.61. The number of aryl methyl sites for hydroxylation is 1.